The Bertz CT molecular complexity index is 486. The number of carbonyl (C=O) groups is 1. The van der Waals surface area contributed by atoms with E-state index in [2.05, 4.69) is 34.9 Å². The Balaban J connectivity index is 0.00000192. The largest absolute Gasteiger partial charge is 0.381 e. The van der Waals surface area contributed by atoms with E-state index < -0.39 is 0 Å². The Kier molecular flexibility index (Phi) is 6.84. The molecule has 2 aliphatic rings. The molecule has 1 aromatic rings. The molecule has 0 spiro atoms. The lowest BCUT2D eigenvalue weighted by Crippen LogP contribution is -2.54. The van der Waals surface area contributed by atoms with Crippen molar-refractivity contribution in [1.29, 1.82) is 0 Å². The van der Waals surface area contributed by atoms with Gasteiger partial charge in [0.2, 0.25) is 5.91 Å². The Morgan fingerprint density at radius 1 is 1.17 bits per heavy atom. The molecule has 6 heteroatoms. The van der Waals surface area contributed by atoms with Gasteiger partial charge in [-0.2, -0.15) is 0 Å². The number of carbonyl (C=O) groups excluding carboxylic acids is 1. The van der Waals surface area contributed by atoms with Crippen LogP contribution in [0.2, 0.25) is 0 Å². The summed E-state index contributed by atoms with van der Waals surface area (Å²) in [6.45, 7) is 4.00. The van der Waals surface area contributed by atoms with E-state index in [-0.39, 0.29) is 29.8 Å². The molecular formula is C17H25ClN2O3. The van der Waals surface area contributed by atoms with Crippen molar-refractivity contribution in [3.63, 3.8) is 0 Å². The van der Waals surface area contributed by atoms with E-state index >= 15 is 0 Å². The monoisotopic (exact) mass is 340 g/mol. The number of benzene rings is 1. The first-order valence-electron chi connectivity index (χ1n) is 8.02. The van der Waals surface area contributed by atoms with Crippen LogP contribution in [0.1, 0.15) is 18.4 Å². The summed E-state index contributed by atoms with van der Waals surface area (Å²) in [6, 6.07) is 10.2. The topological polar surface area (TPSA) is 59.6 Å². The Morgan fingerprint density at radius 2 is 1.91 bits per heavy atom. The van der Waals surface area contributed by atoms with Gasteiger partial charge in [-0.05, 0) is 18.4 Å². The zero-order valence-corrected chi connectivity index (χ0v) is 14.1. The first-order valence-corrected chi connectivity index (χ1v) is 8.02. The molecule has 23 heavy (non-hydrogen) atoms. The lowest BCUT2D eigenvalue weighted by atomic mass is 9.74. The van der Waals surface area contributed by atoms with Crippen LogP contribution in [0.15, 0.2) is 30.3 Å². The van der Waals surface area contributed by atoms with Gasteiger partial charge < -0.3 is 20.1 Å². The van der Waals surface area contributed by atoms with Crippen molar-refractivity contribution in [3.8, 4) is 0 Å². The highest BCUT2D eigenvalue weighted by atomic mass is 35.5. The van der Waals surface area contributed by atoms with E-state index in [9.17, 15) is 4.79 Å². The van der Waals surface area contributed by atoms with Crippen molar-refractivity contribution in [1.82, 2.24) is 10.6 Å². The molecule has 2 aliphatic heterocycles. The number of halogens is 1. The van der Waals surface area contributed by atoms with Crippen LogP contribution < -0.4 is 10.6 Å². The summed E-state index contributed by atoms with van der Waals surface area (Å²) in [5.41, 5.74) is 1.26. The summed E-state index contributed by atoms with van der Waals surface area (Å²) in [7, 11) is 0. The van der Waals surface area contributed by atoms with Crippen molar-refractivity contribution in [2.24, 2.45) is 0 Å². The van der Waals surface area contributed by atoms with Crippen molar-refractivity contribution in [3.05, 3.63) is 35.9 Å². The van der Waals surface area contributed by atoms with Gasteiger partial charge in [-0.3, -0.25) is 4.79 Å². The maximum absolute atomic E-state index is 12.3. The second kappa shape index (κ2) is 8.64. The number of amides is 1. The fourth-order valence-corrected chi connectivity index (χ4v) is 3.23. The minimum atomic E-state index is -0.235. The van der Waals surface area contributed by atoms with E-state index in [1.54, 1.807) is 0 Å². The molecular weight excluding hydrogens is 316 g/mol. The Morgan fingerprint density at radius 3 is 2.57 bits per heavy atom. The van der Waals surface area contributed by atoms with Gasteiger partial charge >= 0.3 is 0 Å². The van der Waals surface area contributed by atoms with Gasteiger partial charge in [-0.25, -0.2) is 0 Å². The molecule has 3 rings (SSSR count). The highest BCUT2D eigenvalue weighted by molar-refractivity contribution is 5.85. The number of hydrogen-bond donors (Lipinski definition) is 2. The van der Waals surface area contributed by atoms with E-state index in [0.717, 1.165) is 32.6 Å². The molecule has 2 fully saturated rings. The smallest absolute Gasteiger partial charge is 0.239 e. The van der Waals surface area contributed by atoms with Crippen LogP contribution in [0.5, 0.6) is 0 Å². The highest BCUT2D eigenvalue weighted by Gasteiger charge is 2.35. The van der Waals surface area contributed by atoms with Crippen molar-refractivity contribution >= 4 is 18.3 Å². The number of rotatable bonds is 4. The molecule has 0 radical (unpaired) electrons. The lowest BCUT2D eigenvalue weighted by Gasteiger charge is -2.38. The molecule has 5 nitrogen and oxygen atoms in total. The standard InChI is InChI=1S/C17H24N2O3.ClH/c20-16(15-12-22-11-8-18-15)19-13-17(6-9-21-10-7-17)14-4-2-1-3-5-14;/h1-5,15,18H,6-13H2,(H,19,20);1H. The number of nitrogens with one attached hydrogen (secondary N) is 2. The third-order valence-electron chi connectivity index (χ3n) is 4.68. The van der Waals surface area contributed by atoms with Crippen LogP contribution in [-0.2, 0) is 19.7 Å². The Labute approximate surface area is 143 Å². The molecule has 1 amide bonds. The van der Waals surface area contributed by atoms with Gasteiger partial charge in [0.25, 0.3) is 0 Å². The predicted octanol–water partition coefficient (Wildman–Crippen LogP) is 1.26. The molecule has 0 aromatic heterocycles. The first-order chi connectivity index (χ1) is 10.8. The maximum atomic E-state index is 12.3. The quantitative estimate of drug-likeness (QED) is 0.866. The molecule has 128 valence electrons. The number of morpholine rings is 1. The summed E-state index contributed by atoms with van der Waals surface area (Å²) in [6.07, 6.45) is 1.87. The van der Waals surface area contributed by atoms with Gasteiger partial charge in [-0.15, -0.1) is 12.4 Å². The zero-order valence-electron chi connectivity index (χ0n) is 13.3. The van der Waals surface area contributed by atoms with Crippen LogP contribution in [0.3, 0.4) is 0 Å². The second-order valence-corrected chi connectivity index (χ2v) is 6.06. The average Bonchev–Trinajstić information content (AvgIpc) is 2.62. The molecule has 2 N–H and O–H groups in total. The van der Waals surface area contributed by atoms with Crippen molar-refractivity contribution in [2.75, 3.05) is 39.5 Å². The minimum absolute atomic E-state index is 0. The van der Waals surface area contributed by atoms with Crippen molar-refractivity contribution in [2.45, 2.75) is 24.3 Å². The highest BCUT2D eigenvalue weighted by Crippen LogP contribution is 2.34. The first kappa shape index (κ1) is 18.2. The predicted molar refractivity (Wildman–Crippen MR) is 91.0 cm³/mol. The molecule has 1 atom stereocenters. The van der Waals surface area contributed by atoms with Crippen LogP contribution in [0.4, 0.5) is 0 Å². The summed E-state index contributed by atoms with van der Waals surface area (Å²) in [5, 5.41) is 6.32. The Hall–Kier alpha value is -1.14. The third-order valence-corrected chi connectivity index (χ3v) is 4.68. The number of ether oxygens (including phenoxy) is 2. The lowest BCUT2D eigenvalue weighted by molar-refractivity contribution is -0.126. The maximum Gasteiger partial charge on any atom is 0.239 e. The summed E-state index contributed by atoms with van der Waals surface area (Å²) in [5.74, 6) is 0.0292. The van der Waals surface area contributed by atoms with Gasteiger partial charge in [-0.1, -0.05) is 30.3 Å². The normalized spacial score (nSPS) is 23.6. The summed E-state index contributed by atoms with van der Waals surface area (Å²) in [4.78, 5) is 12.3. The molecule has 1 aromatic carbocycles. The number of hydrogen-bond acceptors (Lipinski definition) is 4. The van der Waals surface area contributed by atoms with Gasteiger partial charge in [0.15, 0.2) is 0 Å². The van der Waals surface area contributed by atoms with Crippen LogP contribution in [-0.4, -0.2) is 51.5 Å². The van der Waals surface area contributed by atoms with E-state index in [1.165, 1.54) is 5.56 Å². The van der Waals surface area contributed by atoms with Gasteiger partial charge in [0.1, 0.15) is 6.04 Å². The third kappa shape index (κ3) is 4.44. The SMILES string of the molecule is Cl.O=C(NCC1(c2ccccc2)CCOCC1)C1COCCN1. The average molecular weight is 341 g/mol. The zero-order chi connectivity index (χ0) is 15.3. The molecule has 1 unspecified atom stereocenters. The summed E-state index contributed by atoms with van der Waals surface area (Å²) >= 11 is 0. The fraction of sp³-hybridized carbons (Fsp3) is 0.588. The van der Waals surface area contributed by atoms with Gasteiger partial charge in [0.05, 0.1) is 13.2 Å². The van der Waals surface area contributed by atoms with Gasteiger partial charge in [0, 0.05) is 31.7 Å². The molecule has 2 saturated heterocycles. The molecule has 0 aliphatic carbocycles. The van der Waals surface area contributed by atoms with Crippen LogP contribution in [0.25, 0.3) is 0 Å². The van der Waals surface area contributed by atoms with E-state index in [4.69, 9.17) is 9.47 Å². The molecule has 2 heterocycles. The van der Waals surface area contributed by atoms with Crippen LogP contribution >= 0.6 is 12.4 Å². The second-order valence-electron chi connectivity index (χ2n) is 6.06. The van der Waals surface area contributed by atoms with E-state index in [1.807, 2.05) is 6.07 Å². The fourth-order valence-electron chi connectivity index (χ4n) is 3.23. The van der Waals surface area contributed by atoms with E-state index in [0.29, 0.717) is 19.8 Å². The molecule has 0 bridgehead atoms. The van der Waals surface area contributed by atoms with Crippen molar-refractivity contribution < 1.29 is 14.3 Å². The molecule has 0 saturated carbocycles. The van der Waals surface area contributed by atoms with Crippen LogP contribution in [0, 0.1) is 0 Å². The summed E-state index contributed by atoms with van der Waals surface area (Å²) < 4.78 is 10.9. The minimum Gasteiger partial charge on any atom is -0.381 e.